The first-order valence-electron chi connectivity index (χ1n) is 13.8. The molecule has 3 aromatic rings. The molecule has 0 unspecified atom stereocenters. The van der Waals surface area contributed by atoms with Crippen LogP contribution >= 0.6 is 0 Å². The minimum atomic E-state index is -0.340. The summed E-state index contributed by atoms with van der Waals surface area (Å²) in [6, 6.07) is 21.0. The number of ketones is 1. The van der Waals surface area contributed by atoms with E-state index in [-0.39, 0.29) is 18.1 Å². The van der Waals surface area contributed by atoms with Crippen molar-refractivity contribution in [2.45, 2.75) is 86.5 Å². The van der Waals surface area contributed by atoms with Gasteiger partial charge in [-0.25, -0.2) is 0 Å². The van der Waals surface area contributed by atoms with Gasteiger partial charge in [0.05, 0.1) is 0 Å². The van der Waals surface area contributed by atoms with Gasteiger partial charge in [-0.2, -0.15) is 0 Å². The van der Waals surface area contributed by atoms with Crippen LogP contribution in [0.3, 0.4) is 0 Å². The summed E-state index contributed by atoms with van der Waals surface area (Å²) < 4.78 is 0. The molecule has 3 rings (SSSR count). The topological polar surface area (TPSA) is 60.2 Å². The molecule has 0 bridgehead atoms. The molecule has 0 aliphatic rings. The second-order valence-electron chi connectivity index (χ2n) is 9.85. The molecule has 2 N–H and O–H groups in total. The Kier molecular flexibility index (Phi) is 15.6. The second-order valence-corrected chi connectivity index (χ2v) is 9.85. The highest BCUT2D eigenvalue weighted by molar-refractivity contribution is 5.96. The monoisotopic (exact) mass is 501 g/mol. The Bertz CT molecular complexity index is 1120. The fourth-order valence-electron chi connectivity index (χ4n) is 3.88. The van der Waals surface area contributed by atoms with E-state index in [9.17, 15) is 9.59 Å². The molecule has 3 aromatic carbocycles. The molecule has 0 aliphatic heterocycles. The fourth-order valence-corrected chi connectivity index (χ4v) is 3.88. The lowest BCUT2D eigenvalue weighted by Gasteiger charge is -2.09. The van der Waals surface area contributed by atoms with Crippen LogP contribution in [0.1, 0.15) is 101 Å². The first-order chi connectivity index (χ1) is 17.8. The summed E-state index contributed by atoms with van der Waals surface area (Å²) in [5, 5.41) is 2.55. The molecule has 1 amide bonds. The molecule has 0 fully saturated rings. The Morgan fingerprint density at radius 3 is 2.16 bits per heavy atom. The minimum Gasteiger partial charge on any atom is -0.370 e. The number of carbonyl (C=O) groups is 2. The number of aryl methyl sites for hydroxylation is 2. The van der Waals surface area contributed by atoms with Gasteiger partial charge in [0.25, 0.3) is 0 Å². The van der Waals surface area contributed by atoms with Crippen molar-refractivity contribution in [3.63, 3.8) is 0 Å². The normalized spacial score (nSPS) is 10.6. The van der Waals surface area contributed by atoms with Gasteiger partial charge in [0.1, 0.15) is 0 Å². The molecule has 0 radical (unpaired) electrons. The van der Waals surface area contributed by atoms with Gasteiger partial charge in [0, 0.05) is 12.0 Å². The molecule has 3 heteroatoms. The van der Waals surface area contributed by atoms with Crippen LogP contribution in [0, 0.1) is 5.92 Å². The summed E-state index contributed by atoms with van der Waals surface area (Å²) >= 11 is 0. The quantitative estimate of drug-likeness (QED) is 0.210. The van der Waals surface area contributed by atoms with Crippen LogP contribution in [-0.2, 0) is 17.6 Å². The molecule has 0 saturated heterocycles. The number of fused-ring (bicyclic) bond motifs is 1. The van der Waals surface area contributed by atoms with Crippen LogP contribution in [-0.4, -0.2) is 11.7 Å². The van der Waals surface area contributed by atoms with Crippen molar-refractivity contribution in [3.05, 3.63) is 89.0 Å². The SMILES string of the molecule is CC.CC(=O)c1cc(CCCCC/C=C\c2ccc3ccccc3c2)ccc1CCC(N)=O.CC(C)C. The van der Waals surface area contributed by atoms with E-state index in [0.717, 1.165) is 49.1 Å². The van der Waals surface area contributed by atoms with E-state index in [1.807, 2.05) is 26.0 Å². The highest BCUT2D eigenvalue weighted by Gasteiger charge is 2.09. The zero-order valence-electron chi connectivity index (χ0n) is 23.8. The van der Waals surface area contributed by atoms with Crippen LogP contribution in [0.4, 0.5) is 0 Å². The van der Waals surface area contributed by atoms with Crippen LogP contribution in [0.2, 0.25) is 0 Å². The van der Waals surface area contributed by atoms with Crippen molar-refractivity contribution < 1.29 is 9.59 Å². The maximum atomic E-state index is 12.0. The molecule has 0 heterocycles. The van der Waals surface area contributed by atoms with Gasteiger partial charge in [-0.15, -0.1) is 0 Å². The zero-order valence-corrected chi connectivity index (χ0v) is 23.8. The smallest absolute Gasteiger partial charge is 0.217 e. The van der Waals surface area contributed by atoms with Crippen molar-refractivity contribution >= 4 is 28.5 Å². The molecule has 0 saturated carbocycles. The number of primary amides is 1. The number of benzene rings is 3. The predicted octanol–water partition coefficient (Wildman–Crippen LogP) is 8.97. The van der Waals surface area contributed by atoms with Crippen LogP contribution in [0.25, 0.3) is 16.8 Å². The number of allylic oxidation sites excluding steroid dienone is 1. The number of Topliss-reactive ketones (excluding diaryl/α,β-unsaturated/α-hetero) is 1. The number of hydrogen-bond donors (Lipinski definition) is 1. The molecule has 0 aliphatic carbocycles. The molecule has 0 spiro atoms. The van der Waals surface area contributed by atoms with Gasteiger partial charge in [-0.05, 0) is 84.5 Å². The highest BCUT2D eigenvalue weighted by atomic mass is 16.1. The summed E-state index contributed by atoms with van der Waals surface area (Å²) in [5.74, 6) is 0.536. The lowest BCUT2D eigenvalue weighted by atomic mass is 9.95. The first-order valence-corrected chi connectivity index (χ1v) is 13.8. The lowest BCUT2D eigenvalue weighted by molar-refractivity contribution is -0.118. The number of amides is 1. The number of hydrogen-bond acceptors (Lipinski definition) is 2. The largest absolute Gasteiger partial charge is 0.370 e. The lowest BCUT2D eigenvalue weighted by Crippen LogP contribution is -2.12. The Hall–Kier alpha value is -3.20. The Labute approximate surface area is 225 Å². The van der Waals surface area contributed by atoms with Crippen LogP contribution in [0.15, 0.2) is 66.7 Å². The maximum Gasteiger partial charge on any atom is 0.217 e. The Morgan fingerprint density at radius 1 is 0.838 bits per heavy atom. The van der Waals surface area contributed by atoms with E-state index in [1.165, 1.54) is 21.9 Å². The predicted molar refractivity (Wildman–Crippen MR) is 161 cm³/mol. The third-order valence-electron chi connectivity index (χ3n) is 5.61. The summed E-state index contributed by atoms with van der Waals surface area (Å²) in [4.78, 5) is 23.0. The van der Waals surface area contributed by atoms with Gasteiger partial charge in [0.2, 0.25) is 5.91 Å². The molecular weight excluding hydrogens is 454 g/mol. The van der Waals surface area contributed by atoms with E-state index in [1.54, 1.807) is 6.92 Å². The zero-order chi connectivity index (χ0) is 27.6. The summed E-state index contributed by atoms with van der Waals surface area (Å²) in [6.07, 6.45) is 10.7. The standard InChI is InChI=1S/C28H31NO2.C4H10.C2H6/c1-21(30)27-20-23(14-16-25(27)17-18-28(29)31)10-6-4-2-3-5-9-22-13-15-24-11-7-8-12-26(24)19-22;1-4(2)3;1-2/h5,7-9,11-16,19-20H,2-4,6,10,17-18H2,1H3,(H2,29,31);4H,1-3H3;1-2H3/b9-5-;;. The van der Waals surface area contributed by atoms with Crippen molar-refractivity contribution in [2.24, 2.45) is 11.7 Å². The van der Waals surface area contributed by atoms with Crippen LogP contribution < -0.4 is 5.73 Å². The number of carbonyl (C=O) groups excluding carboxylic acids is 2. The molecule has 0 aromatic heterocycles. The van der Waals surface area contributed by atoms with Crippen molar-refractivity contribution in [1.29, 1.82) is 0 Å². The number of unbranched alkanes of at least 4 members (excludes halogenated alkanes) is 3. The molecule has 37 heavy (non-hydrogen) atoms. The van der Waals surface area contributed by atoms with Crippen molar-refractivity contribution in [2.75, 3.05) is 0 Å². The van der Waals surface area contributed by atoms with Gasteiger partial charge >= 0.3 is 0 Å². The minimum absolute atomic E-state index is 0.0418. The van der Waals surface area contributed by atoms with Gasteiger partial charge < -0.3 is 5.73 Å². The van der Waals surface area contributed by atoms with E-state index in [4.69, 9.17) is 5.73 Å². The average molecular weight is 502 g/mol. The van der Waals surface area contributed by atoms with Gasteiger partial charge in [0.15, 0.2) is 5.78 Å². The highest BCUT2D eigenvalue weighted by Crippen LogP contribution is 2.19. The molecule has 0 atom stereocenters. The maximum absolute atomic E-state index is 12.0. The summed E-state index contributed by atoms with van der Waals surface area (Å²) in [7, 11) is 0. The summed E-state index contributed by atoms with van der Waals surface area (Å²) in [6.45, 7) is 12.1. The Morgan fingerprint density at radius 2 is 1.51 bits per heavy atom. The first kappa shape index (κ1) is 31.8. The molecular formula is C34H47NO2. The molecule has 3 nitrogen and oxygen atoms in total. The number of rotatable bonds is 11. The fraction of sp³-hybridized carbons (Fsp3) is 0.412. The van der Waals surface area contributed by atoms with E-state index >= 15 is 0 Å². The van der Waals surface area contributed by atoms with Crippen molar-refractivity contribution in [3.8, 4) is 0 Å². The van der Waals surface area contributed by atoms with Gasteiger partial charge in [-0.1, -0.05) is 102 Å². The average Bonchev–Trinajstić information content (AvgIpc) is 2.87. The third-order valence-corrected chi connectivity index (χ3v) is 5.61. The van der Waals surface area contributed by atoms with E-state index in [2.05, 4.69) is 81.5 Å². The third kappa shape index (κ3) is 13.1. The van der Waals surface area contributed by atoms with Gasteiger partial charge in [-0.3, -0.25) is 9.59 Å². The number of nitrogens with two attached hydrogens (primary N) is 1. The van der Waals surface area contributed by atoms with Crippen LogP contribution in [0.5, 0.6) is 0 Å². The molecule has 200 valence electrons. The summed E-state index contributed by atoms with van der Waals surface area (Å²) in [5.41, 5.74) is 9.29. The van der Waals surface area contributed by atoms with E-state index in [0.29, 0.717) is 6.42 Å². The van der Waals surface area contributed by atoms with Crippen molar-refractivity contribution in [1.82, 2.24) is 0 Å². The Balaban J connectivity index is 0.00000104. The second kappa shape index (κ2) is 18.1. The van der Waals surface area contributed by atoms with E-state index < -0.39 is 0 Å².